The van der Waals surface area contributed by atoms with E-state index in [1.807, 2.05) is 13.8 Å². The van der Waals surface area contributed by atoms with Crippen molar-refractivity contribution in [2.75, 3.05) is 6.54 Å². The standard InChI is InChI=1S/C13H17NO4S/c1-3-10-7(2)4-11(19-10)12(16)14-6-8(15)5-9(14)13(17)18/h4,8-9,15H,3,5-6H2,1-2H3,(H,17,18)/t8-,9+/m1/s1. The van der Waals surface area contributed by atoms with E-state index in [2.05, 4.69) is 0 Å². The number of β-amino-alcohol motifs (C(OH)–C–C–N with tert-alkyl or cyclic N) is 1. The first-order chi connectivity index (χ1) is 8.93. The molecular weight excluding hydrogens is 266 g/mol. The van der Waals surface area contributed by atoms with E-state index in [1.54, 1.807) is 6.07 Å². The van der Waals surface area contributed by atoms with Crippen molar-refractivity contribution in [2.45, 2.75) is 38.8 Å². The number of aliphatic carboxylic acids is 1. The van der Waals surface area contributed by atoms with Crippen LogP contribution in [0.4, 0.5) is 0 Å². The number of amides is 1. The summed E-state index contributed by atoms with van der Waals surface area (Å²) in [5, 5.41) is 18.7. The molecule has 1 aliphatic rings. The lowest BCUT2D eigenvalue weighted by molar-refractivity contribution is -0.141. The summed E-state index contributed by atoms with van der Waals surface area (Å²) in [7, 11) is 0. The van der Waals surface area contributed by atoms with E-state index in [-0.39, 0.29) is 18.9 Å². The van der Waals surface area contributed by atoms with Gasteiger partial charge in [-0.25, -0.2) is 4.79 Å². The predicted molar refractivity (Wildman–Crippen MR) is 71.5 cm³/mol. The summed E-state index contributed by atoms with van der Waals surface area (Å²) in [4.78, 5) is 26.4. The normalized spacial score (nSPS) is 22.8. The Labute approximate surface area is 115 Å². The van der Waals surface area contributed by atoms with Crippen molar-refractivity contribution in [3.05, 3.63) is 21.4 Å². The van der Waals surface area contributed by atoms with Gasteiger partial charge in [0.25, 0.3) is 5.91 Å². The van der Waals surface area contributed by atoms with Gasteiger partial charge in [-0.3, -0.25) is 4.79 Å². The fraction of sp³-hybridized carbons (Fsp3) is 0.538. The summed E-state index contributed by atoms with van der Waals surface area (Å²) < 4.78 is 0. The van der Waals surface area contributed by atoms with Gasteiger partial charge in [-0.15, -0.1) is 11.3 Å². The highest BCUT2D eigenvalue weighted by atomic mass is 32.1. The van der Waals surface area contributed by atoms with E-state index in [0.29, 0.717) is 4.88 Å². The molecule has 0 saturated carbocycles. The van der Waals surface area contributed by atoms with E-state index in [1.165, 1.54) is 16.2 Å². The van der Waals surface area contributed by atoms with E-state index in [4.69, 9.17) is 5.11 Å². The fourth-order valence-electron chi connectivity index (χ4n) is 2.39. The van der Waals surface area contributed by atoms with Gasteiger partial charge >= 0.3 is 5.97 Å². The van der Waals surface area contributed by atoms with Crippen LogP contribution in [0.15, 0.2) is 6.07 Å². The zero-order chi connectivity index (χ0) is 14.2. The molecule has 0 spiro atoms. The second kappa shape index (κ2) is 5.30. The van der Waals surface area contributed by atoms with Crippen molar-refractivity contribution in [2.24, 2.45) is 0 Å². The van der Waals surface area contributed by atoms with Gasteiger partial charge < -0.3 is 15.1 Å². The monoisotopic (exact) mass is 283 g/mol. The molecule has 0 unspecified atom stereocenters. The molecule has 0 aliphatic carbocycles. The fourth-order valence-corrected chi connectivity index (χ4v) is 3.46. The molecule has 2 rings (SSSR count). The van der Waals surface area contributed by atoms with Crippen molar-refractivity contribution in [1.29, 1.82) is 0 Å². The van der Waals surface area contributed by atoms with Crippen LogP contribution < -0.4 is 0 Å². The third kappa shape index (κ3) is 2.64. The van der Waals surface area contributed by atoms with Crippen LogP contribution in [0.5, 0.6) is 0 Å². The third-order valence-corrected chi connectivity index (χ3v) is 4.75. The predicted octanol–water partition coefficient (Wildman–Crippen LogP) is 1.28. The van der Waals surface area contributed by atoms with Crippen LogP contribution in [0.1, 0.15) is 33.5 Å². The second-order valence-corrected chi connectivity index (χ2v) is 5.91. The molecule has 2 atom stereocenters. The Morgan fingerprint density at radius 3 is 2.74 bits per heavy atom. The molecule has 0 bridgehead atoms. The Morgan fingerprint density at radius 1 is 1.53 bits per heavy atom. The lowest BCUT2D eigenvalue weighted by Gasteiger charge is -2.20. The average molecular weight is 283 g/mol. The molecule has 104 valence electrons. The SMILES string of the molecule is CCc1sc(C(=O)N2C[C@H](O)C[C@H]2C(=O)O)cc1C. The number of carboxylic acid groups (broad SMARTS) is 1. The first kappa shape index (κ1) is 14.0. The maximum atomic E-state index is 12.4. The zero-order valence-corrected chi connectivity index (χ0v) is 11.7. The molecule has 2 heterocycles. The Balaban J connectivity index is 2.25. The molecule has 19 heavy (non-hydrogen) atoms. The number of hydrogen-bond donors (Lipinski definition) is 2. The molecule has 1 saturated heterocycles. The van der Waals surface area contributed by atoms with Crippen LogP contribution in [0.2, 0.25) is 0 Å². The Kier molecular flexibility index (Phi) is 3.91. The molecule has 5 nitrogen and oxygen atoms in total. The van der Waals surface area contributed by atoms with Crippen molar-refractivity contribution in [3.63, 3.8) is 0 Å². The number of carboxylic acids is 1. The van der Waals surface area contributed by atoms with Gasteiger partial charge in [0.1, 0.15) is 6.04 Å². The highest BCUT2D eigenvalue weighted by Crippen LogP contribution is 2.27. The minimum atomic E-state index is -1.06. The van der Waals surface area contributed by atoms with Crippen LogP contribution >= 0.6 is 11.3 Å². The summed E-state index contributed by atoms with van der Waals surface area (Å²) in [6.07, 6.45) is 0.206. The van der Waals surface area contributed by atoms with Crippen molar-refractivity contribution < 1.29 is 19.8 Å². The van der Waals surface area contributed by atoms with Gasteiger partial charge in [-0.1, -0.05) is 6.92 Å². The highest BCUT2D eigenvalue weighted by Gasteiger charge is 2.39. The summed E-state index contributed by atoms with van der Waals surface area (Å²) in [5.74, 6) is -1.36. The molecule has 2 N–H and O–H groups in total. The van der Waals surface area contributed by atoms with Crippen LogP contribution in [0.3, 0.4) is 0 Å². The third-order valence-electron chi connectivity index (χ3n) is 3.38. The van der Waals surface area contributed by atoms with Gasteiger partial charge in [-0.2, -0.15) is 0 Å². The number of carbonyl (C=O) groups excluding carboxylic acids is 1. The summed E-state index contributed by atoms with van der Waals surface area (Å²) in [6.45, 7) is 4.06. The van der Waals surface area contributed by atoms with Gasteiger partial charge in [0.15, 0.2) is 0 Å². The molecule has 1 fully saturated rings. The number of aliphatic hydroxyl groups is 1. The van der Waals surface area contributed by atoms with Crippen LogP contribution in [-0.2, 0) is 11.2 Å². The molecule has 6 heteroatoms. The average Bonchev–Trinajstić information content (AvgIpc) is 2.91. The maximum absolute atomic E-state index is 12.4. The van der Waals surface area contributed by atoms with E-state index in [0.717, 1.165) is 16.9 Å². The Morgan fingerprint density at radius 2 is 2.21 bits per heavy atom. The molecule has 0 aromatic carbocycles. The number of hydrogen-bond acceptors (Lipinski definition) is 4. The molecule has 1 aliphatic heterocycles. The van der Waals surface area contributed by atoms with Crippen LogP contribution in [-0.4, -0.2) is 45.7 Å². The summed E-state index contributed by atoms with van der Waals surface area (Å²) in [6, 6.07) is 0.880. The number of carbonyl (C=O) groups is 2. The van der Waals surface area contributed by atoms with E-state index < -0.39 is 18.1 Å². The van der Waals surface area contributed by atoms with Gasteiger partial charge in [0.2, 0.25) is 0 Å². The van der Waals surface area contributed by atoms with E-state index in [9.17, 15) is 14.7 Å². The van der Waals surface area contributed by atoms with Crippen molar-refractivity contribution >= 4 is 23.2 Å². The molecular formula is C13H17NO4S. The van der Waals surface area contributed by atoms with Crippen LogP contribution in [0, 0.1) is 6.92 Å². The largest absolute Gasteiger partial charge is 0.480 e. The molecule has 1 amide bonds. The number of aryl methyl sites for hydroxylation is 2. The smallest absolute Gasteiger partial charge is 0.326 e. The van der Waals surface area contributed by atoms with Crippen LogP contribution in [0.25, 0.3) is 0 Å². The Bertz CT molecular complexity index is 511. The zero-order valence-electron chi connectivity index (χ0n) is 10.9. The second-order valence-electron chi connectivity index (χ2n) is 4.77. The van der Waals surface area contributed by atoms with Gasteiger partial charge in [-0.05, 0) is 25.0 Å². The summed E-state index contributed by atoms with van der Waals surface area (Å²) >= 11 is 1.40. The van der Waals surface area contributed by atoms with Crippen molar-refractivity contribution in [3.8, 4) is 0 Å². The molecule has 1 aromatic heterocycles. The van der Waals surface area contributed by atoms with Crippen molar-refractivity contribution in [1.82, 2.24) is 4.90 Å². The lowest BCUT2D eigenvalue weighted by Crippen LogP contribution is -2.40. The minimum Gasteiger partial charge on any atom is -0.480 e. The minimum absolute atomic E-state index is 0.0915. The number of rotatable bonds is 3. The first-order valence-corrected chi connectivity index (χ1v) is 7.06. The number of aliphatic hydroxyl groups excluding tert-OH is 1. The maximum Gasteiger partial charge on any atom is 0.326 e. The highest BCUT2D eigenvalue weighted by molar-refractivity contribution is 7.14. The first-order valence-electron chi connectivity index (χ1n) is 6.25. The quantitative estimate of drug-likeness (QED) is 0.876. The summed E-state index contributed by atoms with van der Waals surface area (Å²) in [5.41, 5.74) is 1.06. The molecule has 0 radical (unpaired) electrons. The number of nitrogens with zero attached hydrogens (tertiary/aromatic N) is 1. The Hall–Kier alpha value is -1.40. The number of thiophene rings is 1. The van der Waals surface area contributed by atoms with Gasteiger partial charge in [0.05, 0.1) is 11.0 Å². The molecule has 1 aromatic rings. The van der Waals surface area contributed by atoms with Gasteiger partial charge in [0, 0.05) is 17.8 Å². The van der Waals surface area contributed by atoms with E-state index >= 15 is 0 Å². The topological polar surface area (TPSA) is 77.8 Å². The lowest BCUT2D eigenvalue weighted by atomic mass is 10.2. The number of likely N-dealkylation sites (tertiary alicyclic amines) is 1.